The Labute approximate surface area is 119 Å². The second-order valence-corrected chi connectivity index (χ2v) is 4.17. The Kier molecular flexibility index (Phi) is 5.19. The SMILES string of the molecule is COc1cc(C(=O)N[C@H](C(=O)O)[C@@H](C)O)ccc1[N+](=O)[O-]. The van der Waals surface area contributed by atoms with E-state index in [0.717, 1.165) is 18.2 Å². The first-order valence-corrected chi connectivity index (χ1v) is 5.82. The van der Waals surface area contributed by atoms with Crippen LogP contribution in [0, 0.1) is 10.1 Å². The van der Waals surface area contributed by atoms with Crippen molar-refractivity contribution in [2.75, 3.05) is 7.11 Å². The monoisotopic (exact) mass is 298 g/mol. The number of rotatable bonds is 6. The van der Waals surface area contributed by atoms with E-state index in [2.05, 4.69) is 5.32 Å². The molecule has 0 heterocycles. The molecule has 0 unspecified atom stereocenters. The van der Waals surface area contributed by atoms with Crippen molar-refractivity contribution in [2.24, 2.45) is 0 Å². The third kappa shape index (κ3) is 3.89. The first-order valence-electron chi connectivity index (χ1n) is 5.82. The van der Waals surface area contributed by atoms with Gasteiger partial charge in [0.25, 0.3) is 5.91 Å². The highest BCUT2D eigenvalue weighted by atomic mass is 16.6. The number of aliphatic hydroxyl groups excluding tert-OH is 1. The number of nitro groups is 1. The maximum Gasteiger partial charge on any atom is 0.328 e. The minimum Gasteiger partial charge on any atom is -0.490 e. The van der Waals surface area contributed by atoms with Crippen molar-refractivity contribution in [3.8, 4) is 5.75 Å². The van der Waals surface area contributed by atoms with E-state index >= 15 is 0 Å². The molecule has 9 nitrogen and oxygen atoms in total. The predicted octanol–water partition coefficient (Wildman–Crippen LogP) is 0.167. The van der Waals surface area contributed by atoms with E-state index in [4.69, 9.17) is 9.84 Å². The number of nitrogens with one attached hydrogen (secondary N) is 1. The second kappa shape index (κ2) is 6.66. The van der Waals surface area contributed by atoms with Crippen LogP contribution in [-0.2, 0) is 4.79 Å². The number of carboxylic acid groups (broad SMARTS) is 1. The summed E-state index contributed by atoms with van der Waals surface area (Å²) in [7, 11) is 1.21. The van der Waals surface area contributed by atoms with E-state index in [9.17, 15) is 24.8 Å². The number of carboxylic acids is 1. The van der Waals surface area contributed by atoms with Crippen LogP contribution in [0.25, 0.3) is 0 Å². The van der Waals surface area contributed by atoms with Gasteiger partial charge in [0.1, 0.15) is 0 Å². The van der Waals surface area contributed by atoms with E-state index < -0.39 is 28.9 Å². The number of hydrogen-bond acceptors (Lipinski definition) is 6. The van der Waals surface area contributed by atoms with Gasteiger partial charge >= 0.3 is 11.7 Å². The molecule has 1 amide bonds. The molecule has 0 spiro atoms. The smallest absolute Gasteiger partial charge is 0.328 e. The summed E-state index contributed by atoms with van der Waals surface area (Å²) in [5.74, 6) is -2.32. The van der Waals surface area contributed by atoms with Crippen LogP contribution >= 0.6 is 0 Å². The molecule has 0 aliphatic heterocycles. The molecule has 0 aliphatic carbocycles. The van der Waals surface area contributed by atoms with Crippen molar-refractivity contribution < 1.29 is 29.5 Å². The number of nitro benzene ring substituents is 1. The summed E-state index contributed by atoms with van der Waals surface area (Å²) in [6.45, 7) is 1.22. The van der Waals surface area contributed by atoms with Gasteiger partial charge in [0.15, 0.2) is 11.8 Å². The summed E-state index contributed by atoms with van der Waals surface area (Å²) in [5.41, 5.74) is -0.344. The minimum atomic E-state index is -1.49. The van der Waals surface area contributed by atoms with Crippen LogP contribution in [0.1, 0.15) is 17.3 Å². The van der Waals surface area contributed by atoms with Gasteiger partial charge in [-0.15, -0.1) is 0 Å². The molecule has 21 heavy (non-hydrogen) atoms. The molecule has 0 saturated carbocycles. The van der Waals surface area contributed by atoms with Crippen molar-refractivity contribution in [1.29, 1.82) is 0 Å². The molecule has 114 valence electrons. The normalized spacial score (nSPS) is 13.1. The Morgan fingerprint density at radius 3 is 2.48 bits per heavy atom. The third-order valence-electron chi connectivity index (χ3n) is 2.67. The largest absolute Gasteiger partial charge is 0.490 e. The lowest BCUT2D eigenvalue weighted by molar-refractivity contribution is -0.385. The average molecular weight is 298 g/mol. The zero-order valence-corrected chi connectivity index (χ0v) is 11.3. The van der Waals surface area contributed by atoms with Gasteiger partial charge in [0.2, 0.25) is 0 Å². The van der Waals surface area contributed by atoms with Gasteiger partial charge in [-0.2, -0.15) is 0 Å². The van der Waals surface area contributed by atoms with Crippen LogP contribution < -0.4 is 10.1 Å². The Hall–Kier alpha value is -2.68. The number of hydrogen-bond donors (Lipinski definition) is 3. The number of nitrogens with zero attached hydrogens (tertiary/aromatic N) is 1. The summed E-state index contributed by atoms with van der Waals surface area (Å²) in [6.07, 6.45) is -1.30. The number of carbonyl (C=O) groups is 2. The van der Waals surface area contributed by atoms with E-state index in [-0.39, 0.29) is 17.0 Å². The van der Waals surface area contributed by atoms with Crippen LogP contribution in [0.4, 0.5) is 5.69 Å². The number of methoxy groups -OCH3 is 1. The Morgan fingerprint density at radius 1 is 1.43 bits per heavy atom. The first-order chi connectivity index (χ1) is 9.77. The molecule has 0 radical (unpaired) electrons. The standard InChI is InChI=1S/C12H14N2O7/c1-6(15)10(12(17)18)13-11(16)7-3-4-8(14(19)20)9(5-7)21-2/h3-6,10,15H,1-2H3,(H,13,16)(H,17,18)/t6-,10+/m1/s1. The fourth-order valence-electron chi connectivity index (χ4n) is 1.58. The Balaban J connectivity index is 3.03. The Bertz CT molecular complexity index is 571. The lowest BCUT2D eigenvalue weighted by Crippen LogP contribution is -2.47. The topological polar surface area (TPSA) is 139 Å². The van der Waals surface area contributed by atoms with Crippen LogP contribution in [0.5, 0.6) is 5.75 Å². The predicted molar refractivity (Wildman–Crippen MR) is 70.2 cm³/mol. The molecule has 3 N–H and O–H groups in total. The lowest BCUT2D eigenvalue weighted by Gasteiger charge is -2.17. The highest BCUT2D eigenvalue weighted by Gasteiger charge is 2.26. The van der Waals surface area contributed by atoms with E-state index in [1.54, 1.807) is 0 Å². The van der Waals surface area contributed by atoms with Crippen LogP contribution in [-0.4, -0.2) is 46.3 Å². The van der Waals surface area contributed by atoms with Crippen molar-refractivity contribution in [2.45, 2.75) is 19.1 Å². The highest BCUT2D eigenvalue weighted by molar-refractivity contribution is 5.97. The first kappa shape index (κ1) is 16.4. The van der Waals surface area contributed by atoms with Gasteiger partial charge in [0.05, 0.1) is 18.1 Å². The number of carbonyl (C=O) groups excluding carboxylic acids is 1. The molecule has 1 rings (SSSR count). The van der Waals surface area contributed by atoms with Gasteiger partial charge in [0, 0.05) is 17.7 Å². The molecule has 1 aromatic carbocycles. The van der Waals surface area contributed by atoms with Crippen LogP contribution in [0.3, 0.4) is 0 Å². The molecule has 0 aliphatic rings. The summed E-state index contributed by atoms with van der Waals surface area (Å²) >= 11 is 0. The molecule has 0 aromatic heterocycles. The molecular formula is C12H14N2O7. The van der Waals surface area contributed by atoms with Gasteiger partial charge < -0.3 is 20.3 Å². The number of amides is 1. The highest BCUT2D eigenvalue weighted by Crippen LogP contribution is 2.27. The van der Waals surface area contributed by atoms with Crippen LogP contribution in [0.2, 0.25) is 0 Å². The summed E-state index contributed by atoms with van der Waals surface area (Å²) in [4.78, 5) is 32.9. The zero-order chi connectivity index (χ0) is 16.2. The summed E-state index contributed by atoms with van der Waals surface area (Å²) in [5, 5.41) is 31.0. The van der Waals surface area contributed by atoms with Gasteiger partial charge in [-0.05, 0) is 13.0 Å². The number of aliphatic hydroxyl groups is 1. The van der Waals surface area contributed by atoms with E-state index in [1.165, 1.54) is 14.0 Å². The molecule has 1 aromatic rings. The van der Waals surface area contributed by atoms with Crippen molar-refractivity contribution in [3.05, 3.63) is 33.9 Å². The van der Waals surface area contributed by atoms with Gasteiger partial charge in [-0.1, -0.05) is 0 Å². The fourth-order valence-corrected chi connectivity index (χ4v) is 1.58. The maximum absolute atomic E-state index is 11.9. The second-order valence-electron chi connectivity index (χ2n) is 4.17. The molecule has 9 heteroatoms. The van der Waals surface area contributed by atoms with Gasteiger partial charge in [-0.25, -0.2) is 4.79 Å². The quantitative estimate of drug-likeness (QED) is 0.502. The summed E-state index contributed by atoms with van der Waals surface area (Å²) in [6, 6.07) is 1.87. The molecule has 0 saturated heterocycles. The average Bonchev–Trinajstić information content (AvgIpc) is 2.42. The molecule has 2 atom stereocenters. The fraction of sp³-hybridized carbons (Fsp3) is 0.333. The lowest BCUT2D eigenvalue weighted by atomic mass is 10.1. The zero-order valence-electron chi connectivity index (χ0n) is 11.3. The third-order valence-corrected chi connectivity index (χ3v) is 2.67. The molecule has 0 fully saturated rings. The van der Waals surface area contributed by atoms with Crippen molar-refractivity contribution in [3.63, 3.8) is 0 Å². The van der Waals surface area contributed by atoms with E-state index in [0.29, 0.717) is 0 Å². The summed E-state index contributed by atoms with van der Waals surface area (Å²) < 4.78 is 4.81. The molecular weight excluding hydrogens is 284 g/mol. The molecule has 0 bridgehead atoms. The number of benzene rings is 1. The van der Waals surface area contributed by atoms with Crippen molar-refractivity contribution in [1.82, 2.24) is 5.32 Å². The van der Waals surface area contributed by atoms with Crippen LogP contribution in [0.15, 0.2) is 18.2 Å². The maximum atomic E-state index is 11.9. The van der Waals surface area contributed by atoms with Crippen molar-refractivity contribution >= 4 is 17.6 Å². The number of ether oxygens (including phenoxy) is 1. The van der Waals surface area contributed by atoms with Gasteiger partial charge in [-0.3, -0.25) is 14.9 Å². The minimum absolute atomic E-state index is 0.0237. The number of aliphatic carboxylic acids is 1. The Morgan fingerprint density at radius 2 is 2.05 bits per heavy atom. The van der Waals surface area contributed by atoms with E-state index in [1.807, 2.05) is 0 Å².